The van der Waals surface area contributed by atoms with Crippen LogP contribution in [0.25, 0.3) is 0 Å². The molecular weight excluding hydrogens is 252 g/mol. The predicted molar refractivity (Wildman–Crippen MR) is 68.6 cm³/mol. The van der Waals surface area contributed by atoms with Crippen LogP contribution in [0.3, 0.4) is 0 Å². The van der Waals surface area contributed by atoms with Gasteiger partial charge in [0.2, 0.25) is 5.91 Å². The highest BCUT2D eigenvalue weighted by Gasteiger charge is 2.24. The molecule has 0 saturated heterocycles. The van der Waals surface area contributed by atoms with Crippen LogP contribution >= 0.6 is 0 Å². The van der Waals surface area contributed by atoms with Crippen molar-refractivity contribution in [3.8, 4) is 0 Å². The number of hydrogen-bond acceptors (Lipinski definition) is 4. The summed E-state index contributed by atoms with van der Waals surface area (Å²) in [5, 5.41) is 13.5. The standard InChI is InChI=1S/C12H20N2O5/c1-4-5-19-12(18)14-9(6-10(15)16)11(17)13-7-8(2)3/h4,8-9H,1,5-7H2,2-3H3,(H,13,17)(H,14,18)(H,15,16)/t9-/m0/s1. The highest BCUT2D eigenvalue weighted by molar-refractivity contribution is 5.89. The number of hydrogen-bond donors (Lipinski definition) is 3. The fraction of sp³-hybridized carbons (Fsp3) is 0.583. The topological polar surface area (TPSA) is 105 Å². The smallest absolute Gasteiger partial charge is 0.408 e. The van der Waals surface area contributed by atoms with Crippen molar-refractivity contribution in [1.29, 1.82) is 0 Å². The third-order valence-corrected chi connectivity index (χ3v) is 2.00. The second kappa shape index (κ2) is 8.96. The molecule has 0 bridgehead atoms. The third kappa shape index (κ3) is 8.64. The van der Waals surface area contributed by atoms with Gasteiger partial charge < -0.3 is 20.5 Å². The molecule has 0 radical (unpaired) electrons. The first-order valence-corrected chi connectivity index (χ1v) is 5.90. The van der Waals surface area contributed by atoms with Crippen molar-refractivity contribution in [3.63, 3.8) is 0 Å². The molecule has 0 rings (SSSR count). The van der Waals surface area contributed by atoms with Crippen LogP contribution in [-0.4, -0.2) is 42.3 Å². The van der Waals surface area contributed by atoms with Gasteiger partial charge in [-0.15, -0.1) is 0 Å². The van der Waals surface area contributed by atoms with E-state index in [1.165, 1.54) is 6.08 Å². The molecule has 0 aliphatic rings. The Balaban J connectivity index is 4.43. The summed E-state index contributed by atoms with van der Waals surface area (Å²) < 4.78 is 4.64. The van der Waals surface area contributed by atoms with Gasteiger partial charge in [-0.1, -0.05) is 26.5 Å². The average molecular weight is 272 g/mol. The van der Waals surface area contributed by atoms with Crippen LogP contribution in [0.4, 0.5) is 4.79 Å². The minimum atomic E-state index is -1.19. The Morgan fingerprint density at radius 3 is 2.47 bits per heavy atom. The number of carbonyl (C=O) groups is 3. The van der Waals surface area contributed by atoms with Gasteiger partial charge in [0, 0.05) is 6.54 Å². The Kier molecular flexibility index (Phi) is 7.99. The number of aliphatic carboxylic acids is 1. The summed E-state index contributed by atoms with van der Waals surface area (Å²) in [5.41, 5.74) is 0. The monoisotopic (exact) mass is 272 g/mol. The molecule has 0 spiro atoms. The number of amides is 2. The summed E-state index contributed by atoms with van der Waals surface area (Å²) in [6, 6.07) is -1.16. The van der Waals surface area contributed by atoms with Crippen molar-refractivity contribution < 1.29 is 24.2 Å². The molecule has 0 aromatic rings. The molecule has 0 aromatic heterocycles. The molecule has 19 heavy (non-hydrogen) atoms. The second-order valence-electron chi connectivity index (χ2n) is 4.32. The van der Waals surface area contributed by atoms with Crippen LogP contribution in [0.2, 0.25) is 0 Å². The van der Waals surface area contributed by atoms with Crippen LogP contribution in [0, 0.1) is 5.92 Å². The molecule has 0 heterocycles. The maximum Gasteiger partial charge on any atom is 0.408 e. The molecule has 0 aliphatic carbocycles. The number of nitrogens with one attached hydrogen (secondary N) is 2. The average Bonchev–Trinajstić information content (AvgIpc) is 2.31. The van der Waals surface area contributed by atoms with Gasteiger partial charge in [-0.3, -0.25) is 9.59 Å². The number of ether oxygens (including phenoxy) is 1. The largest absolute Gasteiger partial charge is 0.481 e. The zero-order valence-electron chi connectivity index (χ0n) is 11.1. The van der Waals surface area contributed by atoms with Gasteiger partial charge in [-0.2, -0.15) is 0 Å². The van der Waals surface area contributed by atoms with E-state index in [0.29, 0.717) is 6.54 Å². The Labute approximate surface area is 112 Å². The van der Waals surface area contributed by atoms with Crippen molar-refractivity contribution in [2.75, 3.05) is 13.2 Å². The Morgan fingerprint density at radius 1 is 1.37 bits per heavy atom. The normalized spacial score (nSPS) is 11.5. The summed E-state index contributed by atoms with van der Waals surface area (Å²) in [5.74, 6) is -1.51. The van der Waals surface area contributed by atoms with Crippen LogP contribution < -0.4 is 10.6 Å². The molecular formula is C12H20N2O5. The summed E-state index contributed by atoms with van der Waals surface area (Å²) in [7, 11) is 0. The molecule has 0 saturated carbocycles. The summed E-state index contributed by atoms with van der Waals surface area (Å²) in [6.45, 7) is 7.55. The lowest BCUT2D eigenvalue weighted by molar-refractivity contribution is -0.139. The van der Waals surface area contributed by atoms with Crippen LogP contribution in [0.15, 0.2) is 12.7 Å². The lowest BCUT2D eigenvalue weighted by Crippen LogP contribution is -2.48. The van der Waals surface area contributed by atoms with Crippen molar-refractivity contribution in [2.24, 2.45) is 5.92 Å². The zero-order valence-corrected chi connectivity index (χ0v) is 11.1. The van der Waals surface area contributed by atoms with Crippen LogP contribution in [0.1, 0.15) is 20.3 Å². The van der Waals surface area contributed by atoms with E-state index in [1.807, 2.05) is 13.8 Å². The van der Waals surface area contributed by atoms with Gasteiger partial charge in [0.15, 0.2) is 0 Å². The van der Waals surface area contributed by atoms with Crippen LogP contribution in [0.5, 0.6) is 0 Å². The molecule has 3 N–H and O–H groups in total. The van der Waals surface area contributed by atoms with E-state index in [2.05, 4.69) is 21.9 Å². The van der Waals surface area contributed by atoms with E-state index >= 15 is 0 Å². The van der Waals surface area contributed by atoms with Crippen molar-refractivity contribution in [3.05, 3.63) is 12.7 Å². The first-order valence-electron chi connectivity index (χ1n) is 5.90. The molecule has 0 aliphatic heterocycles. The number of carboxylic acid groups (broad SMARTS) is 1. The Bertz CT molecular complexity index is 341. The summed E-state index contributed by atoms with van der Waals surface area (Å²) in [4.78, 5) is 33.7. The summed E-state index contributed by atoms with van der Waals surface area (Å²) in [6.07, 6.45) is 0.00317. The van der Waals surface area contributed by atoms with E-state index in [4.69, 9.17) is 5.11 Å². The van der Waals surface area contributed by atoms with Gasteiger partial charge in [0.05, 0.1) is 6.42 Å². The highest BCUT2D eigenvalue weighted by Crippen LogP contribution is 1.96. The number of alkyl carbamates (subject to hydrolysis) is 1. The molecule has 1 atom stereocenters. The molecule has 108 valence electrons. The minimum absolute atomic E-state index is 0.0146. The van der Waals surface area contributed by atoms with Gasteiger partial charge in [-0.25, -0.2) is 4.79 Å². The van der Waals surface area contributed by atoms with Crippen molar-refractivity contribution >= 4 is 18.0 Å². The Morgan fingerprint density at radius 2 is 2.00 bits per heavy atom. The van der Waals surface area contributed by atoms with Crippen molar-refractivity contribution in [2.45, 2.75) is 26.3 Å². The lowest BCUT2D eigenvalue weighted by Gasteiger charge is -2.17. The fourth-order valence-corrected chi connectivity index (χ4v) is 1.13. The van der Waals surface area contributed by atoms with E-state index in [0.717, 1.165) is 0 Å². The first kappa shape index (κ1) is 16.9. The van der Waals surface area contributed by atoms with E-state index in [9.17, 15) is 14.4 Å². The van der Waals surface area contributed by atoms with Crippen molar-refractivity contribution in [1.82, 2.24) is 10.6 Å². The van der Waals surface area contributed by atoms with E-state index < -0.39 is 30.4 Å². The first-order chi connectivity index (χ1) is 8.86. The quantitative estimate of drug-likeness (QED) is 0.558. The predicted octanol–water partition coefficient (Wildman–Crippen LogP) is 0.514. The number of carbonyl (C=O) groups excluding carboxylic acids is 2. The highest BCUT2D eigenvalue weighted by atomic mass is 16.5. The van der Waals surface area contributed by atoms with E-state index in [-0.39, 0.29) is 12.5 Å². The van der Waals surface area contributed by atoms with E-state index in [1.54, 1.807) is 0 Å². The fourth-order valence-electron chi connectivity index (χ4n) is 1.13. The number of rotatable bonds is 8. The second-order valence-corrected chi connectivity index (χ2v) is 4.32. The molecule has 7 heteroatoms. The third-order valence-electron chi connectivity index (χ3n) is 2.00. The van der Waals surface area contributed by atoms with Gasteiger partial charge in [-0.05, 0) is 5.92 Å². The molecule has 0 aromatic carbocycles. The molecule has 2 amide bonds. The lowest BCUT2D eigenvalue weighted by atomic mass is 10.1. The number of carboxylic acids is 1. The summed E-state index contributed by atoms with van der Waals surface area (Å²) >= 11 is 0. The molecule has 7 nitrogen and oxygen atoms in total. The molecule has 0 fully saturated rings. The Hall–Kier alpha value is -2.05. The van der Waals surface area contributed by atoms with Gasteiger partial charge in [0.1, 0.15) is 12.6 Å². The van der Waals surface area contributed by atoms with Gasteiger partial charge in [0.25, 0.3) is 0 Å². The maximum atomic E-state index is 11.7. The van der Waals surface area contributed by atoms with Gasteiger partial charge >= 0.3 is 12.1 Å². The SMILES string of the molecule is C=CCOC(=O)N[C@@H](CC(=O)O)C(=O)NCC(C)C. The zero-order chi connectivity index (χ0) is 14.8. The maximum absolute atomic E-state index is 11.7. The van der Waals surface area contributed by atoms with Crippen LogP contribution in [-0.2, 0) is 14.3 Å². The minimum Gasteiger partial charge on any atom is -0.481 e. The molecule has 0 unspecified atom stereocenters.